The summed E-state index contributed by atoms with van der Waals surface area (Å²) in [5.41, 5.74) is 8.14. The molecule has 0 aromatic carbocycles. The predicted molar refractivity (Wildman–Crippen MR) is 66.7 cm³/mol. The SMILES string of the molecule is CC(C)[C@H](N)C[C@@H]1C2=C(CCC=C2O)CN1O. The van der Waals surface area contributed by atoms with Crippen molar-refractivity contribution in [1.82, 2.24) is 5.06 Å². The highest BCUT2D eigenvalue weighted by molar-refractivity contribution is 5.42. The molecule has 4 heteroatoms. The van der Waals surface area contributed by atoms with Crippen molar-refractivity contribution in [2.75, 3.05) is 6.54 Å². The maximum Gasteiger partial charge on any atom is 0.116 e. The van der Waals surface area contributed by atoms with Gasteiger partial charge in [-0.3, -0.25) is 0 Å². The molecule has 2 rings (SSSR count). The van der Waals surface area contributed by atoms with Crippen LogP contribution < -0.4 is 5.73 Å². The zero-order valence-corrected chi connectivity index (χ0v) is 10.6. The zero-order valence-electron chi connectivity index (χ0n) is 10.6. The molecule has 2 aliphatic rings. The van der Waals surface area contributed by atoms with Crippen molar-refractivity contribution in [3.63, 3.8) is 0 Å². The van der Waals surface area contributed by atoms with Crippen LogP contribution in [0.4, 0.5) is 0 Å². The van der Waals surface area contributed by atoms with Gasteiger partial charge in [0.05, 0.1) is 6.04 Å². The second-order valence-corrected chi connectivity index (χ2v) is 5.40. The Bertz CT molecular complexity index is 360. The van der Waals surface area contributed by atoms with Crippen molar-refractivity contribution >= 4 is 0 Å². The first kappa shape index (κ1) is 12.6. The number of nitrogens with two attached hydrogens (primary N) is 1. The summed E-state index contributed by atoms with van der Waals surface area (Å²) < 4.78 is 0. The summed E-state index contributed by atoms with van der Waals surface area (Å²) >= 11 is 0. The third-order valence-electron chi connectivity index (χ3n) is 3.84. The standard InChI is InChI=1S/C13H22N2O2/c1-8(2)10(14)6-11-13-9(7-15(11)17)4-3-5-12(13)16/h5,8,10-11,16-17H,3-4,6-7,14H2,1-2H3/t10-,11-/m1/s1. The minimum Gasteiger partial charge on any atom is -0.508 e. The number of hydrogen-bond donors (Lipinski definition) is 3. The van der Waals surface area contributed by atoms with Crippen LogP contribution in [-0.4, -0.2) is 34.0 Å². The van der Waals surface area contributed by atoms with Crippen molar-refractivity contribution in [3.05, 3.63) is 23.0 Å². The van der Waals surface area contributed by atoms with E-state index in [1.54, 1.807) is 0 Å². The molecule has 0 spiro atoms. The molecule has 2 atom stereocenters. The van der Waals surface area contributed by atoms with Crippen LogP contribution in [0.25, 0.3) is 0 Å². The largest absolute Gasteiger partial charge is 0.508 e. The molecule has 4 nitrogen and oxygen atoms in total. The fourth-order valence-corrected chi connectivity index (χ4v) is 2.60. The van der Waals surface area contributed by atoms with Gasteiger partial charge in [-0.05, 0) is 36.8 Å². The molecule has 1 aliphatic carbocycles. The number of nitrogens with zero attached hydrogens (tertiary/aromatic N) is 1. The number of allylic oxidation sites excluding steroid dienone is 1. The van der Waals surface area contributed by atoms with E-state index < -0.39 is 0 Å². The Balaban J connectivity index is 2.16. The smallest absolute Gasteiger partial charge is 0.116 e. The van der Waals surface area contributed by atoms with Crippen molar-refractivity contribution in [3.8, 4) is 0 Å². The molecule has 0 aromatic rings. The molecular weight excluding hydrogens is 216 g/mol. The summed E-state index contributed by atoms with van der Waals surface area (Å²) in [6, 6.07) is -0.102. The normalized spacial score (nSPS) is 27.4. The number of hydrogen-bond acceptors (Lipinski definition) is 4. The molecule has 17 heavy (non-hydrogen) atoms. The molecule has 1 heterocycles. The van der Waals surface area contributed by atoms with Gasteiger partial charge >= 0.3 is 0 Å². The van der Waals surface area contributed by atoms with E-state index in [1.165, 1.54) is 5.06 Å². The molecule has 0 fully saturated rings. The first-order valence-corrected chi connectivity index (χ1v) is 6.33. The summed E-state index contributed by atoms with van der Waals surface area (Å²) in [4.78, 5) is 0. The van der Waals surface area contributed by atoms with Crippen LogP contribution >= 0.6 is 0 Å². The summed E-state index contributed by atoms with van der Waals surface area (Å²) in [7, 11) is 0. The maximum atomic E-state index is 9.97. The number of hydroxylamine groups is 2. The monoisotopic (exact) mass is 238 g/mol. The van der Waals surface area contributed by atoms with Crippen LogP contribution in [0.3, 0.4) is 0 Å². The topological polar surface area (TPSA) is 69.7 Å². The van der Waals surface area contributed by atoms with Crippen LogP contribution in [0.5, 0.6) is 0 Å². The Labute approximate surface area is 102 Å². The molecular formula is C13H22N2O2. The third-order valence-corrected chi connectivity index (χ3v) is 3.84. The van der Waals surface area contributed by atoms with E-state index in [0.717, 1.165) is 24.0 Å². The lowest BCUT2D eigenvalue weighted by Gasteiger charge is -2.26. The van der Waals surface area contributed by atoms with E-state index in [9.17, 15) is 10.3 Å². The quantitative estimate of drug-likeness (QED) is 0.703. The first-order chi connectivity index (χ1) is 8.00. The average molecular weight is 238 g/mol. The van der Waals surface area contributed by atoms with Crippen molar-refractivity contribution < 1.29 is 10.3 Å². The Hall–Kier alpha value is -0.840. The van der Waals surface area contributed by atoms with Gasteiger partial charge in [-0.1, -0.05) is 13.8 Å². The molecule has 0 unspecified atom stereocenters. The number of aliphatic hydroxyl groups is 1. The van der Waals surface area contributed by atoms with E-state index in [-0.39, 0.29) is 12.1 Å². The van der Waals surface area contributed by atoms with Gasteiger partial charge in [-0.15, -0.1) is 0 Å². The highest BCUT2D eigenvalue weighted by Crippen LogP contribution is 2.36. The minimum absolute atomic E-state index is 0.0382. The van der Waals surface area contributed by atoms with Crippen LogP contribution in [0.15, 0.2) is 23.0 Å². The van der Waals surface area contributed by atoms with Gasteiger partial charge in [0.1, 0.15) is 5.76 Å². The van der Waals surface area contributed by atoms with Crippen molar-refractivity contribution in [1.29, 1.82) is 0 Å². The lowest BCUT2D eigenvalue weighted by atomic mass is 9.89. The Kier molecular flexibility index (Phi) is 3.56. The average Bonchev–Trinajstić information content (AvgIpc) is 2.56. The second-order valence-electron chi connectivity index (χ2n) is 5.40. The number of aliphatic hydroxyl groups excluding tert-OH is 1. The maximum absolute atomic E-state index is 9.97. The van der Waals surface area contributed by atoms with E-state index >= 15 is 0 Å². The van der Waals surface area contributed by atoms with Crippen LogP contribution in [-0.2, 0) is 0 Å². The van der Waals surface area contributed by atoms with Crippen LogP contribution in [0.1, 0.15) is 33.1 Å². The zero-order chi connectivity index (χ0) is 12.6. The first-order valence-electron chi connectivity index (χ1n) is 6.33. The Morgan fingerprint density at radius 1 is 1.53 bits per heavy atom. The molecule has 96 valence electrons. The fourth-order valence-electron chi connectivity index (χ4n) is 2.60. The Morgan fingerprint density at radius 2 is 2.24 bits per heavy atom. The highest BCUT2D eigenvalue weighted by Gasteiger charge is 2.36. The van der Waals surface area contributed by atoms with Gasteiger partial charge in [0.25, 0.3) is 0 Å². The fraction of sp³-hybridized carbons (Fsp3) is 0.692. The summed E-state index contributed by atoms with van der Waals surface area (Å²) in [5.74, 6) is 0.714. The van der Waals surface area contributed by atoms with Crippen molar-refractivity contribution in [2.24, 2.45) is 11.7 Å². The molecule has 0 saturated carbocycles. The highest BCUT2D eigenvalue weighted by atomic mass is 16.5. The summed E-state index contributed by atoms with van der Waals surface area (Å²) in [6.45, 7) is 4.70. The van der Waals surface area contributed by atoms with Crippen LogP contribution in [0.2, 0.25) is 0 Å². The van der Waals surface area contributed by atoms with Gasteiger partial charge in [-0.25, -0.2) is 0 Å². The lowest BCUT2D eigenvalue weighted by Crippen LogP contribution is -2.38. The predicted octanol–water partition coefficient (Wildman–Crippen LogP) is 1.97. The molecule has 0 radical (unpaired) electrons. The van der Waals surface area contributed by atoms with E-state index in [4.69, 9.17) is 5.73 Å². The Morgan fingerprint density at radius 3 is 2.88 bits per heavy atom. The summed E-state index contributed by atoms with van der Waals surface area (Å²) in [5, 5.41) is 21.2. The van der Waals surface area contributed by atoms with E-state index in [2.05, 4.69) is 13.8 Å². The van der Waals surface area contributed by atoms with Gasteiger partial charge in [0, 0.05) is 18.2 Å². The van der Waals surface area contributed by atoms with Gasteiger partial charge in [0.15, 0.2) is 0 Å². The molecule has 0 bridgehead atoms. The van der Waals surface area contributed by atoms with Gasteiger partial charge in [0.2, 0.25) is 0 Å². The third kappa shape index (κ3) is 2.39. The van der Waals surface area contributed by atoms with Gasteiger partial charge in [-0.2, -0.15) is 5.06 Å². The van der Waals surface area contributed by atoms with E-state index in [1.807, 2.05) is 6.08 Å². The molecule has 0 amide bonds. The van der Waals surface area contributed by atoms with Gasteiger partial charge < -0.3 is 16.0 Å². The lowest BCUT2D eigenvalue weighted by molar-refractivity contribution is -0.102. The second kappa shape index (κ2) is 4.80. The molecule has 0 aromatic heterocycles. The molecule has 1 aliphatic heterocycles. The molecule has 0 saturated heterocycles. The summed E-state index contributed by atoms with van der Waals surface area (Å²) in [6.07, 6.45) is 4.32. The van der Waals surface area contributed by atoms with Crippen molar-refractivity contribution in [2.45, 2.75) is 45.2 Å². The minimum atomic E-state index is -0.140. The van der Waals surface area contributed by atoms with E-state index in [0.29, 0.717) is 24.6 Å². The number of rotatable bonds is 3. The molecule has 4 N–H and O–H groups in total. The van der Waals surface area contributed by atoms with Crippen LogP contribution in [0, 0.1) is 5.92 Å².